The molecule has 1 aromatic carbocycles. The number of pyridine rings is 1. The molecule has 2 aromatic heterocycles. The minimum atomic E-state index is 0.412. The molecule has 0 amide bonds. The fourth-order valence-corrected chi connectivity index (χ4v) is 2.27. The molecule has 5 nitrogen and oxygen atoms in total. The maximum Gasteiger partial charge on any atom is 0.143 e. The van der Waals surface area contributed by atoms with Crippen LogP contribution < -0.4 is 4.90 Å². The van der Waals surface area contributed by atoms with Crippen molar-refractivity contribution in [2.24, 2.45) is 0 Å². The molecule has 0 bridgehead atoms. The molecule has 0 aliphatic rings. The van der Waals surface area contributed by atoms with Gasteiger partial charge in [0.1, 0.15) is 11.8 Å². The van der Waals surface area contributed by atoms with Gasteiger partial charge in [-0.15, -0.1) is 0 Å². The van der Waals surface area contributed by atoms with Crippen molar-refractivity contribution < 1.29 is 0 Å². The molecule has 102 valence electrons. The molecule has 0 saturated carbocycles. The van der Waals surface area contributed by atoms with Gasteiger partial charge in [-0.25, -0.2) is 4.98 Å². The van der Waals surface area contributed by atoms with Gasteiger partial charge in [0.05, 0.1) is 24.0 Å². The molecule has 0 saturated heterocycles. The van der Waals surface area contributed by atoms with Gasteiger partial charge in [0.15, 0.2) is 0 Å². The Kier molecular flexibility index (Phi) is 3.44. The SMILES string of the molecule is CN(Cc1cnccn1)c1cc(C#N)nc2ccccc12. The monoisotopic (exact) mass is 275 g/mol. The van der Waals surface area contributed by atoms with Gasteiger partial charge in [0, 0.05) is 30.5 Å². The number of fused-ring (bicyclic) bond motifs is 1. The number of hydrogen-bond donors (Lipinski definition) is 0. The van der Waals surface area contributed by atoms with Crippen LogP contribution in [0.25, 0.3) is 10.9 Å². The van der Waals surface area contributed by atoms with E-state index in [-0.39, 0.29) is 0 Å². The average molecular weight is 275 g/mol. The van der Waals surface area contributed by atoms with Crippen LogP contribution in [0.4, 0.5) is 5.69 Å². The van der Waals surface area contributed by atoms with Crippen LogP contribution in [0, 0.1) is 11.3 Å². The molecular weight excluding hydrogens is 262 g/mol. The van der Waals surface area contributed by atoms with Crippen LogP contribution >= 0.6 is 0 Å². The van der Waals surface area contributed by atoms with Crippen molar-refractivity contribution in [2.75, 3.05) is 11.9 Å². The van der Waals surface area contributed by atoms with Crippen molar-refractivity contribution in [3.63, 3.8) is 0 Å². The van der Waals surface area contributed by atoms with E-state index in [1.165, 1.54) is 0 Å². The first-order valence-corrected chi connectivity index (χ1v) is 6.54. The summed E-state index contributed by atoms with van der Waals surface area (Å²) in [4.78, 5) is 14.7. The highest BCUT2D eigenvalue weighted by Crippen LogP contribution is 2.26. The Morgan fingerprint density at radius 2 is 2.10 bits per heavy atom. The van der Waals surface area contributed by atoms with E-state index in [1.807, 2.05) is 31.3 Å². The van der Waals surface area contributed by atoms with E-state index in [0.29, 0.717) is 12.2 Å². The first-order chi connectivity index (χ1) is 10.3. The van der Waals surface area contributed by atoms with E-state index in [9.17, 15) is 0 Å². The molecule has 0 N–H and O–H groups in total. The molecule has 0 radical (unpaired) electrons. The number of benzene rings is 1. The smallest absolute Gasteiger partial charge is 0.143 e. The average Bonchev–Trinajstić information content (AvgIpc) is 2.54. The van der Waals surface area contributed by atoms with E-state index >= 15 is 0 Å². The summed E-state index contributed by atoms with van der Waals surface area (Å²) in [7, 11) is 1.97. The fraction of sp³-hybridized carbons (Fsp3) is 0.125. The maximum atomic E-state index is 9.14. The third-order valence-electron chi connectivity index (χ3n) is 3.24. The summed E-state index contributed by atoms with van der Waals surface area (Å²) in [6.07, 6.45) is 5.07. The Hall–Kier alpha value is -3.00. The summed E-state index contributed by atoms with van der Waals surface area (Å²) in [6.45, 7) is 0.618. The van der Waals surface area contributed by atoms with Crippen LogP contribution in [0.3, 0.4) is 0 Å². The van der Waals surface area contributed by atoms with Crippen LogP contribution in [0.15, 0.2) is 48.9 Å². The standard InChI is InChI=1S/C16H13N5/c1-21(11-13-10-18-6-7-19-13)16-8-12(9-17)20-15-5-3-2-4-14(15)16/h2-8,10H,11H2,1H3. The molecular formula is C16H13N5. The molecule has 0 fully saturated rings. The van der Waals surface area contributed by atoms with Crippen LogP contribution in [-0.2, 0) is 6.54 Å². The van der Waals surface area contributed by atoms with E-state index in [0.717, 1.165) is 22.3 Å². The van der Waals surface area contributed by atoms with Gasteiger partial charge in [0.2, 0.25) is 0 Å². The number of aromatic nitrogens is 3. The number of anilines is 1. The maximum absolute atomic E-state index is 9.14. The lowest BCUT2D eigenvalue weighted by Gasteiger charge is -2.20. The Morgan fingerprint density at radius 1 is 1.24 bits per heavy atom. The van der Waals surface area contributed by atoms with Gasteiger partial charge in [0.25, 0.3) is 0 Å². The van der Waals surface area contributed by atoms with Crippen molar-refractivity contribution >= 4 is 16.6 Å². The summed E-state index contributed by atoms with van der Waals surface area (Å²) in [5.41, 5.74) is 3.06. The second-order valence-electron chi connectivity index (χ2n) is 4.71. The zero-order valence-electron chi connectivity index (χ0n) is 11.6. The highest BCUT2D eigenvalue weighted by molar-refractivity contribution is 5.92. The first-order valence-electron chi connectivity index (χ1n) is 6.54. The normalized spacial score (nSPS) is 10.3. The van der Waals surface area contributed by atoms with E-state index in [4.69, 9.17) is 5.26 Å². The third-order valence-corrected chi connectivity index (χ3v) is 3.24. The minimum Gasteiger partial charge on any atom is -0.368 e. The molecule has 0 unspecified atom stereocenters. The predicted molar refractivity (Wildman–Crippen MR) is 80.6 cm³/mol. The predicted octanol–water partition coefficient (Wildman–Crippen LogP) is 2.53. The zero-order chi connectivity index (χ0) is 14.7. The molecule has 5 heteroatoms. The molecule has 0 aliphatic heterocycles. The van der Waals surface area contributed by atoms with Gasteiger partial charge in [-0.05, 0) is 12.1 Å². The van der Waals surface area contributed by atoms with Crippen LogP contribution in [-0.4, -0.2) is 22.0 Å². The lowest BCUT2D eigenvalue weighted by molar-refractivity contribution is 0.875. The van der Waals surface area contributed by atoms with E-state index in [2.05, 4.69) is 25.9 Å². The number of hydrogen-bond acceptors (Lipinski definition) is 5. The lowest BCUT2D eigenvalue weighted by Crippen LogP contribution is -2.18. The Bertz CT molecular complexity index is 808. The van der Waals surface area contributed by atoms with Crippen molar-refractivity contribution in [2.45, 2.75) is 6.54 Å². The highest BCUT2D eigenvalue weighted by atomic mass is 15.1. The molecule has 3 aromatic rings. The van der Waals surface area contributed by atoms with E-state index in [1.54, 1.807) is 24.7 Å². The summed E-state index contributed by atoms with van der Waals surface area (Å²) < 4.78 is 0. The first kappa shape index (κ1) is 13.0. The minimum absolute atomic E-state index is 0.412. The van der Waals surface area contributed by atoms with Gasteiger partial charge < -0.3 is 4.90 Å². The topological polar surface area (TPSA) is 65.7 Å². The van der Waals surface area contributed by atoms with Crippen molar-refractivity contribution in [3.8, 4) is 6.07 Å². The molecule has 0 atom stereocenters. The second kappa shape index (κ2) is 5.55. The Morgan fingerprint density at radius 3 is 2.86 bits per heavy atom. The van der Waals surface area contributed by atoms with Gasteiger partial charge in [-0.3, -0.25) is 9.97 Å². The molecule has 2 heterocycles. The lowest BCUT2D eigenvalue weighted by atomic mass is 10.1. The van der Waals surface area contributed by atoms with Crippen molar-refractivity contribution in [1.29, 1.82) is 5.26 Å². The van der Waals surface area contributed by atoms with Gasteiger partial charge in [-0.1, -0.05) is 18.2 Å². The second-order valence-corrected chi connectivity index (χ2v) is 4.71. The number of nitriles is 1. The summed E-state index contributed by atoms with van der Waals surface area (Å²) in [6, 6.07) is 11.7. The Balaban J connectivity index is 2.04. The molecule has 0 aliphatic carbocycles. The van der Waals surface area contributed by atoms with Crippen LogP contribution in [0.1, 0.15) is 11.4 Å². The fourth-order valence-electron chi connectivity index (χ4n) is 2.27. The van der Waals surface area contributed by atoms with Crippen LogP contribution in [0.2, 0.25) is 0 Å². The Labute approximate surface area is 122 Å². The van der Waals surface area contributed by atoms with Gasteiger partial charge >= 0.3 is 0 Å². The highest BCUT2D eigenvalue weighted by Gasteiger charge is 2.10. The van der Waals surface area contributed by atoms with Crippen molar-refractivity contribution in [1.82, 2.24) is 15.0 Å². The number of rotatable bonds is 3. The van der Waals surface area contributed by atoms with Gasteiger partial charge in [-0.2, -0.15) is 5.26 Å². The number of para-hydroxylation sites is 1. The van der Waals surface area contributed by atoms with Crippen LogP contribution in [0.5, 0.6) is 0 Å². The van der Waals surface area contributed by atoms with E-state index < -0.39 is 0 Å². The largest absolute Gasteiger partial charge is 0.368 e. The number of nitrogens with zero attached hydrogens (tertiary/aromatic N) is 5. The molecule has 0 spiro atoms. The molecule has 3 rings (SSSR count). The molecule has 21 heavy (non-hydrogen) atoms. The quantitative estimate of drug-likeness (QED) is 0.735. The summed E-state index contributed by atoms with van der Waals surface area (Å²) in [5.74, 6) is 0. The zero-order valence-corrected chi connectivity index (χ0v) is 11.6. The third kappa shape index (κ3) is 2.65. The summed E-state index contributed by atoms with van der Waals surface area (Å²) >= 11 is 0. The van der Waals surface area contributed by atoms with Crippen molar-refractivity contribution in [3.05, 3.63) is 60.3 Å². The summed E-state index contributed by atoms with van der Waals surface area (Å²) in [5, 5.41) is 10.2.